The molecule has 1 aliphatic rings. The molecule has 6 nitrogen and oxygen atoms in total. The molecule has 1 unspecified atom stereocenters. The van der Waals surface area contributed by atoms with Crippen LogP contribution in [0.15, 0.2) is 48.5 Å². The third kappa shape index (κ3) is 5.35. The Bertz CT molecular complexity index is 842. The van der Waals surface area contributed by atoms with Crippen molar-refractivity contribution >= 4 is 11.9 Å². The lowest BCUT2D eigenvalue weighted by Crippen LogP contribution is -2.51. The number of hydrogen-bond acceptors (Lipinski definition) is 4. The topological polar surface area (TPSA) is 70.1 Å². The van der Waals surface area contributed by atoms with Gasteiger partial charge in [0.1, 0.15) is 5.75 Å². The summed E-state index contributed by atoms with van der Waals surface area (Å²) in [6.07, 6.45) is 0.348. The number of benzene rings is 2. The minimum Gasteiger partial charge on any atom is -0.481 e. The van der Waals surface area contributed by atoms with Gasteiger partial charge in [-0.1, -0.05) is 37.3 Å². The van der Waals surface area contributed by atoms with Gasteiger partial charge in [0.05, 0.1) is 5.56 Å². The van der Waals surface area contributed by atoms with Gasteiger partial charge < -0.3 is 14.7 Å². The number of para-hydroxylation sites is 1. The molecule has 1 aliphatic heterocycles. The highest BCUT2D eigenvalue weighted by Crippen LogP contribution is 2.20. The molecule has 1 fully saturated rings. The van der Waals surface area contributed by atoms with E-state index in [1.807, 2.05) is 48.2 Å². The quantitative estimate of drug-likeness (QED) is 0.779. The lowest BCUT2D eigenvalue weighted by atomic mass is 10.1. The number of ether oxygens (including phenoxy) is 1. The highest BCUT2D eigenvalue weighted by atomic mass is 16.5. The van der Waals surface area contributed by atoms with Gasteiger partial charge in [-0.2, -0.15) is 0 Å². The Kier molecular flexibility index (Phi) is 6.88. The van der Waals surface area contributed by atoms with E-state index in [0.717, 1.165) is 42.9 Å². The SMILES string of the molecule is CCc1ccccc1OC(C)C(=O)N1CCN(Cc2ccc(C(=O)O)cc2)CC1. The van der Waals surface area contributed by atoms with Crippen LogP contribution < -0.4 is 4.74 Å². The maximum atomic E-state index is 12.8. The lowest BCUT2D eigenvalue weighted by molar-refractivity contribution is -0.139. The number of nitrogens with zero attached hydrogens (tertiary/aromatic N) is 2. The van der Waals surface area contributed by atoms with Crippen molar-refractivity contribution in [2.24, 2.45) is 0 Å². The summed E-state index contributed by atoms with van der Waals surface area (Å²) in [6, 6.07) is 14.8. The van der Waals surface area contributed by atoms with E-state index >= 15 is 0 Å². The molecule has 1 heterocycles. The van der Waals surface area contributed by atoms with Crippen molar-refractivity contribution in [3.05, 3.63) is 65.2 Å². The van der Waals surface area contributed by atoms with Crippen LogP contribution in [0.2, 0.25) is 0 Å². The first-order valence-electron chi connectivity index (χ1n) is 10.1. The normalized spacial score (nSPS) is 15.7. The molecule has 0 bridgehead atoms. The summed E-state index contributed by atoms with van der Waals surface area (Å²) in [6.45, 7) is 7.52. The van der Waals surface area contributed by atoms with E-state index in [0.29, 0.717) is 18.7 Å². The van der Waals surface area contributed by atoms with Crippen molar-refractivity contribution in [1.29, 1.82) is 0 Å². The molecule has 1 saturated heterocycles. The van der Waals surface area contributed by atoms with Crippen LogP contribution in [0.4, 0.5) is 0 Å². The van der Waals surface area contributed by atoms with Crippen molar-refractivity contribution in [3.8, 4) is 5.75 Å². The van der Waals surface area contributed by atoms with Crippen LogP contribution in [-0.4, -0.2) is 59.1 Å². The molecule has 1 N–H and O–H groups in total. The molecule has 1 amide bonds. The zero-order chi connectivity index (χ0) is 20.8. The number of aromatic carboxylic acids is 1. The van der Waals surface area contributed by atoms with E-state index in [1.165, 1.54) is 0 Å². The molecule has 0 aromatic heterocycles. The predicted octanol–water partition coefficient (Wildman–Crippen LogP) is 3.06. The van der Waals surface area contributed by atoms with Crippen LogP contribution in [0, 0.1) is 0 Å². The third-order valence-electron chi connectivity index (χ3n) is 5.30. The predicted molar refractivity (Wildman–Crippen MR) is 111 cm³/mol. The Morgan fingerprint density at radius 1 is 1.03 bits per heavy atom. The number of carboxylic acid groups (broad SMARTS) is 1. The fourth-order valence-corrected chi connectivity index (χ4v) is 3.55. The zero-order valence-electron chi connectivity index (χ0n) is 17.0. The van der Waals surface area contributed by atoms with Crippen molar-refractivity contribution in [1.82, 2.24) is 9.80 Å². The van der Waals surface area contributed by atoms with Gasteiger partial charge >= 0.3 is 5.97 Å². The summed E-state index contributed by atoms with van der Waals surface area (Å²) in [7, 11) is 0. The Balaban J connectivity index is 1.50. The summed E-state index contributed by atoms with van der Waals surface area (Å²) < 4.78 is 5.95. The average molecular weight is 396 g/mol. The third-order valence-corrected chi connectivity index (χ3v) is 5.30. The monoisotopic (exact) mass is 396 g/mol. The number of carbonyl (C=O) groups is 2. The van der Waals surface area contributed by atoms with Gasteiger partial charge in [0.15, 0.2) is 6.10 Å². The smallest absolute Gasteiger partial charge is 0.335 e. The molecule has 2 aromatic carbocycles. The van der Waals surface area contributed by atoms with Crippen molar-refractivity contribution in [3.63, 3.8) is 0 Å². The van der Waals surface area contributed by atoms with Gasteiger partial charge in [-0.15, -0.1) is 0 Å². The van der Waals surface area contributed by atoms with Gasteiger partial charge in [-0.05, 0) is 42.7 Å². The van der Waals surface area contributed by atoms with Crippen LogP contribution in [0.25, 0.3) is 0 Å². The number of rotatable bonds is 7. The molecule has 1 atom stereocenters. The van der Waals surface area contributed by atoms with Gasteiger partial charge in [-0.25, -0.2) is 4.79 Å². The number of piperazine rings is 1. The fourth-order valence-electron chi connectivity index (χ4n) is 3.55. The van der Waals surface area contributed by atoms with Crippen LogP contribution in [0.1, 0.15) is 35.3 Å². The maximum Gasteiger partial charge on any atom is 0.335 e. The number of amides is 1. The number of hydrogen-bond donors (Lipinski definition) is 1. The molecular weight excluding hydrogens is 368 g/mol. The summed E-state index contributed by atoms with van der Waals surface area (Å²) in [5, 5.41) is 8.99. The minimum absolute atomic E-state index is 0.0152. The molecule has 0 spiro atoms. The number of aryl methyl sites for hydroxylation is 1. The lowest BCUT2D eigenvalue weighted by Gasteiger charge is -2.36. The Morgan fingerprint density at radius 2 is 1.69 bits per heavy atom. The van der Waals surface area contributed by atoms with E-state index in [-0.39, 0.29) is 5.91 Å². The summed E-state index contributed by atoms with van der Waals surface area (Å²) in [5.74, 6) is -0.123. The van der Waals surface area contributed by atoms with Crippen molar-refractivity contribution in [2.75, 3.05) is 26.2 Å². The van der Waals surface area contributed by atoms with E-state index < -0.39 is 12.1 Å². The fraction of sp³-hybridized carbons (Fsp3) is 0.391. The van der Waals surface area contributed by atoms with Crippen LogP contribution in [0.5, 0.6) is 5.75 Å². The van der Waals surface area contributed by atoms with E-state index in [2.05, 4.69) is 11.8 Å². The highest BCUT2D eigenvalue weighted by molar-refractivity contribution is 5.87. The second-order valence-corrected chi connectivity index (χ2v) is 7.32. The van der Waals surface area contributed by atoms with Crippen LogP contribution >= 0.6 is 0 Å². The molecule has 3 rings (SSSR count). The van der Waals surface area contributed by atoms with E-state index in [9.17, 15) is 9.59 Å². The van der Waals surface area contributed by atoms with Crippen molar-refractivity contribution < 1.29 is 19.4 Å². The molecule has 6 heteroatoms. The Labute approximate surface area is 171 Å². The summed E-state index contributed by atoms with van der Waals surface area (Å²) >= 11 is 0. The molecule has 154 valence electrons. The zero-order valence-corrected chi connectivity index (χ0v) is 17.0. The van der Waals surface area contributed by atoms with Gasteiger partial charge in [-0.3, -0.25) is 9.69 Å². The Morgan fingerprint density at radius 3 is 2.31 bits per heavy atom. The minimum atomic E-state index is -0.915. The molecule has 29 heavy (non-hydrogen) atoms. The first-order valence-corrected chi connectivity index (χ1v) is 10.1. The Hall–Kier alpha value is -2.86. The first kappa shape index (κ1) is 20.9. The summed E-state index contributed by atoms with van der Waals surface area (Å²) in [5.41, 5.74) is 2.47. The molecule has 0 radical (unpaired) electrons. The van der Waals surface area contributed by atoms with Gasteiger partial charge in [0, 0.05) is 32.7 Å². The average Bonchev–Trinajstić information content (AvgIpc) is 2.74. The summed E-state index contributed by atoms with van der Waals surface area (Å²) in [4.78, 5) is 27.9. The standard InChI is InChI=1S/C23H28N2O4/c1-3-19-6-4-5-7-21(19)29-17(2)22(26)25-14-12-24(13-15-25)16-18-8-10-20(11-9-18)23(27)28/h4-11,17H,3,12-16H2,1-2H3,(H,27,28). The number of carbonyl (C=O) groups excluding carboxylic acids is 1. The van der Waals surface area contributed by atoms with E-state index in [1.54, 1.807) is 12.1 Å². The largest absolute Gasteiger partial charge is 0.481 e. The second-order valence-electron chi connectivity index (χ2n) is 7.32. The first-order chi connectivity index (χ1) is 14.0. The molecular formula is C23H28N2O4. The highest BCUT2D eigenvalue weighted by Gasteiger charge is 2.26. The van der Waals surface area contributed by atoms with E-state index in [4.69, 9.17) is 9.84 Å². The van der Waals surface area contributed by atoms with Crippen LogP contribution in [-0.2, 0) is 17.8 Å². The van der Waals surface area contributed by atoms with Gasteiger partial charge in [0.25, 0.3) is 5.91 Å². The molecule has 2 aromatic rings. The number of carboxylic acids is 1. The van der Waals surface area contributed by atoms with Crippen molar-refractivity contribution in [2.45, 2.75) is 32.9 Å². The molecule has 0 aliphatic carbocycles. The maximum absolute atomic E-state index is 12.8. The second kappa shape index (κ2) is 9.56. The van der Waals surface area contributed by atoms with Crippen LogP contribution in [0.3, 0.4) is 0 Å². The molecule has 0 saturated carbocycles. The van der Waals surface area contributed by atoms with Gasteiger partial charge in [0.2, 0.25) is 0 Å².